The summed E-state index contributed by atoms with van der Waals surface area (Å²) in [5, 5.41) is 9.93. The number of pyridine rings is 1. The number of fused-ring (bicyclic) bond motifs is 1. The predicted molar refractivity (Wildman–Crippen MR) is 118 cm³/mol. The summed E-state index contributed by atoms with van der Waals surface area (Å²) in [6.45, 7) is 0.555. The summed E-state index contributed by atoms with van der Waals surface area (Å²) >= 11 is 0. The smallest absolute Gasteiger partial charge is 0.278 e. The third-order valence-electron chi connectivity index (χ3n) is 5.10. The molecule has 7 nitrogen and oxygen atoms in total. The molecule has 0 fully saturated rings. The summed E-state index contributed by atoms with van der Waals surface area (Å²) in [6.07, 6.45) is 5.36. The fraction of sp³-hybridized carbons (Fsp3) is 0.167. The molecule has 8 heteroatoms. The zero-order chi connectivity index (χ0) is 22.5. The maximum atomic E-state index is 14.4. The number of carbonyl (C=O) groups is 1. The molecule has 4 rings (SSSR count). The summed E-state index contributed by atoms with van der Waals surface area (Å²) in [5.41, 5.74) is 4.00. The number of nitrogens with one attached hydrogen (secondary N) is 1. The first kappa shape index (κ1) is 21.2. The molecule has 164 valence electrons. The molecule has 1 aliphatic heterocycles. The van der Waals surface area contributed by atoms with Gasteiger partial charge >= 0.3 is 0 Å². The quantitative estimate of drug-likeness (QED) is 0.558. The number of para-hydroxylation sites is 1. The first-order chi connectivity index (χ1) is 15.5. The van der Waals surface area contributed by atoms with Gasteiger partial charge in [0.25, 0.3) is 5.91 Å². The largest absolute Gasteiger partial charge is 0.502 e. The first-order valence-electron chi connectivity index (χ1n) is 10.1. The van der Waals surface area contributed by atoms with Crippen molar-refractivity contribution in [2.24, 2.45) is 0 Å². The molecule has 0 saturated carbocycles. The summed E-state index contributed by atoms with van der Waals surface area (Å²) < 4.78 is 21.4. The minimum Gasteiger partial charge on any atom is -0.502 e. The molecule has 3 aromatic rings. The van der Waals surface area contributed by atoms with E-state index in [4.69, 9.17) is 4.74 Å². The number of rotatable bonds is 7. The lowest BCUT2D eigenvalue weighted by Gasteiger charge is -2.30. The highest BCUT2D eigenvalue weighted by atomic mass is 19.1. The molecule has 0 bridgehead atoms. The monoisotopic (exact) mass is 435 g/mol. The Morgan fingerprint density at radius 2 is 1.88 bits per heavy atom. The molecule has 2 N–H and O–H groups in total. The number of benzene rings is 2. The highest BCUT2D eigenvalue weighted by Crippen LogP contribution is 2.25. The molecule has 2 aromatic carbocycles. The Hall–Kier alpha value is -4.07. The maximum absolute atomic E-state index is 14.4. The highest BCUT2D eigenvalue weighted by molar-refractivity contribution is 5.96. The SMILES string of the molecule is O=C1c2c(O)c(=O)ccn2NCN1C/C=C\COc1c(F)cccc1Cc1ccccc1. The molecule has 0 unspecified atom stereocenters. The minimum atomic E-state index is -0.617. The van der Waals surface area contributed by atoms with Gasteiger partial charge in [-0.3, -0.25) is 14.3 Å². The molecule has 0 spiro atoms. The van der Waals surface area contributed by atoms with Gasteiger partial charge in [-0.1, -0.05) is 48.5 Å². The van der Waals surface area contributed by atoms with Gasteiger partial charge in [0.2, 0.25) is 5.43 Å². The third-order valence-corrected chi connectivity index (χ3v) is 5.10. The van der Waals surface area contributed by atoms with E-state index in [2.05, 4.69) is 5.43 Å². The fourth-order valence-corrected chi connectivity index (χ4v) is 3.46. The summed E-state index contributed by atoms with van der Waals surface area (Å²) in [4.78, 5) is 25.6. The molecule has 1 aliphatic rings. The van der Waals surface area contributed by atoms with Crippen LogP contribution in [-0.4, -0.2) is 40.4 Å². The molecule has 32 heavy (non-hydrogen) atoms. The van der Waals surface area contributed by atoms with E-state index in [1.807, 2.05) is 36.4 Å². The Morgan fingerprint density at radius 3 is 2.69 bits per heavy atom. The van der Waals surface area contributed by atoms with Crippen molar-refractivity contribution < 1.29 is 19.0 Å². The Kier molecular flexibility index (Phi) is 6.21. The van der Waals surface area contributed by atoms with Crippen molar-refractivity contribution in [2.75, 3.05) is 25.2 Å². The van der Waals surface area contributed by atoms with Gasteiger partial charge in [-0.25, -0.2) is 4.39 Å². The second-order valence-corrected chi connectivity index (χ2v) is 7.26. The number of aromatic hydroxyl groups is 1. The molecule has 1 aromatic heterocycles. The van der Waals surface area contributed by atoms with Crippen LogP contribution in [0.2, 0.25) is 0 Å². The van der Waals surface area contributed by atoms with Crippen LogP contribution in [0.4, 0.5) is 4.39 Å². The van der Waals surface area contributed by atoms with Gasteiger partial charge in [0.05, 0.1) is 0 Å². The number of aromatic nitrogens is 1. The maximum Gasteiger partial charge on any atom is 0.278 e. The number of amides is 1. The zero-order valence-electron chi connectivity index (χ0n) is 17.2. The second kappa shape index (κ2) is 9.38. The lowest BCUT2D eigenvalue weighted by molar-refractivity contribution is 0.0741. The normalized spacial score (nSPS) is 13.2. The van der Waals surface area contributed by atoms with Crippen LogP contribution < -0.4 is 15.6 Å². The Morgan fingerprint density at radius 1 is 1.06 bits per heavy atom. The molecule has 0 aliphatic carbocycles. The summed E-state index contributed by atoms with van der Waals surface area (Å²) in [5.74, 6) is -1.29. The van der Waals surface area contributed by atoms with E-state index in [0.29, 0.717) is 6.42 Å². The van der Waals surface area contributed by atoms with Crippen LogP contribution in [0.1, 0.15) is 21.6 Å². The van der Waals surface area contributed by atoms with Crippen LogP contribution in [0.3, 0.4) is 0 Å². The van der Waals surface area contributed by atoms with E-state index in [1.165, 1.54) is 27.9 Å². The van der Waals surface area contributed by atoms with Gasteiger partial charge in [-0.2, -0.15) is 0 Å². The van der Waals surface area contributed by atoms with Crippen molar-refractivity contribution in [2.45, 2.75) is 6.42 Å². The lowest BCUT2D eigenvalue weighted by atomic mass is 10.0. The average molecular weight is 435 g/mol. The number of carbonyl (C=O) groups excluding carboxylic acids is 1. The van der Waals surface area contributed by atoms with Gasteiger partial charge in [0.1, 0.15) is 13.3 Å². The number of hydrogen-bond acceptors (Lipinski definition) is 5. The number of hydrogen-bond donors (Lipinski definition) is 2. The van der Waals surface area contributed by atoms with E-state index >= 15 is 0 Å². The van der Waals surface area contributed by atoms with Crippen LogP contribution >= 0.6 is 0 Å². The van der Waals surface area contributed by atoms with Gasteiger partial charge in [0, 0.05) is 30.8 Å². The van der Waals surface area contributed by atoms with Crippen LogP contribution in [0.25, 0.3) is 0 Å². The highest BCUT2D eigenvalue weighted by Gasteiger charge is 2.27. The molecular weight excluding hydrogens is 413 g/mol. The topological polar surface area (TPSA) is 83.8 Å². The van der Waals surface area contributed by atoms with Crippen molar-refractivity contribution in [1.29, 1.82) is 0 Å². The Balaban J connectivity index is 1.37. The van der Waals surface area contributed by atoms with Crippen molar-refractivity contribution in [1.82, 2.24) is 9.58 Å². The van der Waals surface area contributed by atoms with Crippen LogP contribution in [0.5, 0.6) is 11.5 Å². The van der Waals surface area contributed by atoms with Gasteiger partial charge in [0.15, 0.2) is 23.0 Å². The van der Waals surface area contributed by atoms with Crippen molar-refractivity contribution in [3.05, 3.63) is 106 Å². The van der Waals surface area contributed by atoms with E-state index in [0.717, 1.165) is 11.1 Å². The third kappa shape index (κ3) is 4.49. The van der Waals surface area contributed by atoms with Crippen LogP contribution in [-0.2, 0) is 6.42 Å². The molecule has 2 heterocycles. The minimum absolute atomic E-state index is 0.106. The van der Waals surface area contributed by atoms with E-state index < -0.39 is 22.9 Å². The Bertz CT molecular complexity index is 1210. The van der Waals surface area contributed by atoms with Gasteiger partial charge < -0.3 is 20.2 Å². The number of halogens is 1. The van der Waals surface area contributed by atoms with Crippen LogP contribution in [0.15, 0.2) is 77.7 Å². The summed E-state index contributed by atoms with van der Waals surface area (Å²) in [6, 6.07) is 15.8. The van der Waals surface area contributed by atoms with Crippen molar-refractivity contribution in [3.8, 4) is 11.5 Å². The number of ether oxygens (including phenoxy) is 1. The van der Waals surface area contributed by atoms with Crippen LogP contribution in [0, 0.1) is 5.82 Å². The average Bonchev–Trinajstić information content (AvgIpc) is 2.79. The van der Waals surface area contributed by atoms with E-state index in [1.54, 1.807) is 18.2 Å². The molecule has 0 radical (unpaired) electrons. The number of nitrogens with zero attached hydrogens (tertiary/aromatic N) is 2. The molecule has 0 atom stereocenters. The fourth-order valence-electron chi connectivity index (χ4n) is 3.46. The molecule has 1 amide bonds. The van der Waals surface area contributed by atoms with E-state index in [-0.39, 0.29) is 31.3 Å². The molecular formula is C24H22FN3O4. The first-order valence-corrected chi connectivity index (χ1v) is 10.1. The summed E-state index contributed by atoms with van der Waals surface area (Å²) in [7, 11) is 0. The van der Waals surface area contributed by atoms with Gasteiger partial charge in [-0.05, 0) is 17.7 Å². The van der Waals surface area contributed by atoms with Gasteiger partial charge in [-0.15, -0.1) is 0 Å². The van der Waals surface area contributed by atoms with Crippen molar-refractivity contribution >= 4 is 5.91 Å². The lowest BCUT2D eigenvalue weighted by Crippen LogP contribution is -2.46. The molecule has 0 saturated heterocycles. The van der Waals surface area contributed by atoms with E-state index in [9.17, 15) is 19.1 Å². The predicted octanol–water partition coefficient (Wildman–Crippen LogP) is 2.88. The Labute approximate surface area is 184 Å². The van der Waals surface area contributed by atoms with Crippen molar-refractivity contribution in [3.63, 3.8) is 0 Å². The standard InChI is InChI=1S/C24H22FN3O4/c25-19-10-6-9-18(15-17-7-2-1-3-8-17)23(19)32-14-5-4-12-27-16-26-28-13-11-20(29)22(30)21(28)24(27)31/h1-11,13,26,30H,12,14-16H2/b5-4-. The zero-order valence-corrected chi connectivity index (χ0v) is 17.2. The second-order valence-electron chi connectivity index (χ2n) is 7.26.